The van der Waals surface area contributed by atoms with E-state index in [9.17, 15) is 4.79 Å². The van der Waals surface area contributed by atoms with Crippen molar-refractivity contribution in [2.75, 3.05) is 13.1 Å². The molecular formula is C18H26N4O2. The van der Waals surface area contributed by atoms with E-state index in [1.54, 1.807) is 6.92 Å². The molecule has 1 aliphatic rings. The second-order valence-corrected chi connectivity index (χ2v) is 7.01. The molecule has 1 atom stereocenters. The number of carbonyl (C=O) groups excluding carboxylic acids is 1. The van der Waals surface area contributed by atoms with Gasteiger partial charge in [0.25, 0.3) is 5.91 Å². The van der Waals surface area contributed by atoms with Crippen molar-refractivity contribution in [3.05, 3.63) is 34.7 Å². The molecular weight excluding hydrogens is 304 g/mol. The molecule has 2 aromatic heterocycles. The number of hydrogen-bond donors (Lipinski definition) is 0. The number of hydrogen-bond acceptors (Lipinski definition) is 4. The van der Waals surface area contributed by atoms with Crippen molar-refractivity contribution >= 4 is 5.91 Å². The number of nitrogens with zero attached hydrogens (tertiary/aromatic N) is 4. The molecule has 130 valence electrons. The molecule has 0 radical (unpaired) electrons. The van der Waals surface area contributed by atoms with Gasteiger partial charge >= 0.3 is 0 Å². The minimum atomic E-state index is 0.111. The molecule has 3 heterocycles. The van der Waals surface area contributed by atoms with Crippen LogP contribution in [0, 0.1) is 20.8 Å². The van der Waals surface area contributed by atoms with Crippen molar-refractivity contribution in [2.24, 2.45) is 0 Å². The summed E-state index contributed by atoms with van der Waals surface area (Å²) in [5.74, 6) is 1.57. The Morgan fingerprint density at radius 3 is 2.67 bits per heavy atom. The Morgan fingerprint density at radius 2 is 2.08 bits per heavy atom. The Balaban J connectivity index is 1.81. The molecule has 2 aromatic rings. The Hall–Kier alpha value is -2.11. The summed E-state index contributed by atoms with van der Waals surface area (Å²) in [7, 11) is 0. The van der Waals surface area contributed by atoms with Crippen LogP contribution < -0.4 is 0 Å². The van der Waals surface area contributed by atoms with Crippen LogP contribution in [-0.2, 0) is 0 Å². The van der Waals surface area contributed by atoms with Crippen LogP contribution >= 0.6 is 0 Å². The van der Waals surface area contributed by atoms with Gasteiger partial charge in [-0.2, -0.15) is 4.98 Å². The van der Waals surface area contributed by atoms with E-state index in [-0.39, 0.29) is 11.8 Å². The van der Waals surface area contributed by atoms with Crippen LogP contribution in [0.1, 0.15) is 72.1 Å². The SMILES string of the molecule is Cc1nc([C@H]2CCCN(C(=O)c3cc(C)n(C(C)C)c3C)C2)no1. The van der Waals surface area contributed by atoms with E-state index < -0.39 is 0 Å². The first-order valence-corrected chi connectivity index (χ1v) is 8.66. The van der Waals surface area contributed by atoms with Crippen LogP contribution in [-0.4, -0.2) is 38.6 Å². The normalized spacial score (nSPS) is 18.4. The predicted octanol–water partition coefficient (Wildman–Crippen LogP) is 3.40. The van der Waals surface area contributed by atoms with Gasteiger partial charge in [-0.25, -0.2) is 0 Å². The molecule has 6 heteroatoms. The van der Waals surface area contributed by atoms with E-state index in [2.05, 4.69) is 35.5 Å². The fourth-order valence-electron chi connectivity index (χ4n) is 3.81. The number of rotatable bonds is 3. The van der Waals surface area contributed by atoms with Crippen LogP contribution in [0.5, 0.6) is 0 Å². The molecule has 0 unspecified atom stereocenters. The quantitative estimate of drug-likeness (QED) is 0.865. The van der Waals surface area contributed by atoms with E-state index in [1.807, 2.05) is 17.9 Å². The molecule has 1 saturated heterocycles. The first kappa shape index (κ1) is 16.7. The molecule has 0 saturated carbocycles. The monoisotopic (exact) mass is 330 g/mol. The second-order valence-electron chi connectivity index (χ2n) is 7.01. The van der Waals surface area contributed by atoms with Crippen LogP contribution in [0.3, 0.4) is 0 Å². The van der Waals surface area contributed by atoms with Gasteiger partial charge in [-0.3, -0.25) is 4.79 Å². The number of likely N-dealkylation sites (tertiary alicyclic amines) is 1. The van der Waals surface area contributed by atoms with Crippen molar-refractivity contribution in [2.45, 2.75) is 59.4 Å². The molecule has 0 N–H and O–H groups in total. The van der Waals surface area contributed by atoms with Crippen molar-refractivity contribution in [3.8, 4) is 0 Å². The average Bonchev–Trinajstić information content (AvgIpc) is 3.10. The van der Waals surface area contributed by atoms with Gasteiger partial charge in [0.2, 0.25) is 5.89 Å². The Labute approximate surface area is 142 Å². The lowest BCUT2D eigenvalue weighted by Crippen LogP contribution is -2.39. The molecule has 0 aromatic carbocycles. The standard InChI is InChI=1S/C18H26N4O2/c1-11(2)22-12(3)9-16(13(22)4)18(23)21-8-6-7-15(10-21)17-19-14(5)24-20-17/h9,11,15H,6-8,10H2,1-5H3/t15-/m0/s1. The van der Waals surface area contributed by atoms with E-state index in [4.69, 9.17) is 4.52 Å². The maximum absolute atomic E-state index is 13.0. The molecule has 0 spiro atoms. The lowest BCUT2D eigenvalue weighted by molar-refractivity contribution is 0.0702. The predicted molar refractivity (Wildman–Crippen MR) is 91.2 cm³/mol. The van der Waals surface area contributed by atoms with Gasteiger partial charge in [-0.1, -0.05) is 5.16 Å². The summed E-state index contributed by atoms with van der Waals surface area (Å²) in [5, 5.41) is 4.04. The lowest BCUT2D eigenvalue weighted by Gasteiger charge is -2.31. The first-order valence-electron chi connectivity index (χ1n) is 8.66. The summed E-state index contributed by atoms with van der Waals surface area (Å²) in [4.78, 5) is 19.3. The van der Waals surface area contributed by atoms with Gasteiger partial charge < -0.3 is 14.0 Å². The highest BCUT2D eigenvalue weighted by atomic mass is 16.5. The molecule has 1 aliphatic heterocycles. The summed E-state index contributed by atoms with van der Waals surface area (Å²) in [6.45, 7) is 11.6. The number of amides is 1. The fraction of sp³-hybridized carbons (Fsp3) is 0.611. The highest BCUT2D eigenvalue weighted by molar-refractivity contribution is 5.95. The number of aryl methyl sites for hydroxylation is 2. The Bertz CT molecular complexity index is 744. The molecule has 1 fully saturated rings. The largest absolute Gasteiger partial charge is 0.346 e. The van der Waals surface area contributed by atoms with Gasteiger partial charge in [0.1, 0.15) is 0 Å². The van der Waals surface area contributed by atoms with E-state index in [0.29, 0.717) is 18.5 Å². The third-order valence-electron chi connectivity index (χ3n) is 4.85. The Morgan fingerprint density at radius 1 is 1.33 bits per heavy atom. The first-order chi connectivity index (χ1) is 11.4. The van der Waals surface area contributed by atoms with Crippen molar-refractivity contribution in [1.29, 1.82) is 0 Å². The minimum Gasteiger partial charge on any atom is -0.346 e. The summed E-state index contributed by atoms with van der Waals surface area (Å²) >= 11 is 0. The van der Waals surface area contributed by atoms with E-state index >= 15 is 0 Å². The van der Waals surface area contributed by atoms with Crippen LogP contribution in [0.4, 0.5) is 0 Å². The number of carbonyl (C=O) groups is 1. The smallest absolute Gasteiger partial charge is 0.255 e. The highest BCUT2D eigenvalue weighted by Crippen LogP contribution is 2.28. The summed E-state index contributed by atoms with van der Waals surface area (Å²) in [6, 6.07) is 2.36. The zero-order valence-corrected chi connectivity index (χ0v) is 15.2. The minimum absolute atomic E-state index is 0.111. The summed E-state index contributed by atoms with van der Waals surface area (Å²) in [6.07, 6.45) is 1.96. The van der Waals surface area contributed by atoms with Gasteiger partial charge in [-0.05, 0) is 46.6 Å². The van der Waals surface area contributed by atoms with Crippen molar-refractivity contribution in [1.82, 2.24) is 19.6 Å². The van der Waals surface area contributed by atoms with Crippen molar-refractivity contribution < 1.29 is 9.32 Å². The molecule has 24 heavy (non-hydrogen) atoms. The highest BCUT2D eigenvalue weighted by Gasteiger charge is 2.30. The maximum Gasteiger partial charge on any atom is 0.255 e. The molecule has 1 amide bonds. The zero-order valence-electron chi connectivity index (χ0n) is 15.2. The van der Waals surface area contributed by atoms with E-state index in [1.165, 1.54) is 0 Å². The van der Waals surface area contributed by atoms with Crippen molar-refractivity contribution in [3.63, 3.8) is 0 Å². The van der Waals surface area contributed by atoms with Crippen LogP contribution in [0.2, 0.25) is 0 Å². The van der Waals surface area contributed by atoms with Gasteiger partial charge in [-0.15, -0.1) is 0 Å². The van der Waals surface area contributed by atoms with Crippen LogP contribution in [0.25, 0.3) is 0 Å². The van der Waals surface area contributed by atoms with Gasteiger partial charge in [0, 0.05) is 43.4 Å². The third-order valence-corrected chi connectivity index (χ3v) is 4.85. The Kier molecular flexibility index (Phi) is 4.47. The third kappa shape index (κ3) is 2.97. The molecule has 0 aliphatic carbocycles. The lowest BCUT2D eigenvalue weighted by atomic mass is 9.96. The van der Waals surface area contributed by atoms with Gasteiger partial charge in [0.15, 0.2) is 5.82 Å². The molecule has 3 rings (SSSR count). The second kappa shape index (κ2) is 6.42. The van der Waals surface area contributed by atoms with Gasteiger partial charge in [0.05, 0.1) is 5.56 Å². The number of piperidine rings is 1. The molecule has 6 nitrogen and oxygen atoms in total. The maximum atomic E-state index is 13.0. The van der Waals surface area contributed by atoms with E-state index in [0.717, 1.165) is 42.2 Å². The molecule has 0 bridgehead atoms. The summed E-state index contributed by atoms with van der Waals surface area (Å²) < 4.78 is 7.31. The number of aromatic nitrogens is 3. The fourth-order valence-corrected chi connectivity index (χ4v) is 3.81. The average molecular weight is 330 g/mol. The topological polar surface area (TPSA) is 64.2 Å². The van der Waals surface area contributed by atoms with Crippen LogP contribution in [0.15, 0.2) is 10.6 Å². The summed E-state index contributed by atoms with van der Waals surface area (Å²) in [5.41, 5.74) is 2.99. The zero-order chi connectivity index (χ0) is 17.4.